The van der Waals surface area contributed by atoms with E-state index in [4.69, 9.17) is 0 Å². The van der Waals surface area contributed by atoms with E-state index in [1.54, 1.807) is 20.9 Å². The Balaban J connectivity index is 2.29. The zero-order valence-electron chi connectivity index (χ0n) is 11.9. The summed E-state index contributed by atoms with van der Waals surface area (Å²) in [4.78, 5) is 12.0. The molecule has 0 radical (unpaired) electrons. The van der Waals surface area contributed by atoms with Crippen LogP contribution in [0.4, 0.5) is 0 Å². The van der Waals surface area contributed by atoms with E-state index in [9.17, 15) is 13.2 Å². The fourth-order valence-electron chi connectivity index (χ4n) is 2.44. The van der Waals surface area contributed by atoms with Crippen molar-refractivity contribution in [3.05, 3.63) is 11.4 Å². The fraction of sp³-hybridized carbons (Fsp3) is 0.667. The molecule has 1 saturated heterocycles. The first-order valence-electron chi connectivity index (χ1n) is 6.63. The van der Waals surface area contributed by atoms with Gasteiger partial charge in [-0.1, -0.05) is 0 Å². The summed E-state index contributed by atoms with van der Waals surface area (Å²) < 4.78 is 29.0. The van der Waals surface area contributed by atoms with Crippen molar-refractivity contribution >= 4 is 15.9 Å². The van der Waals surface area contributed by atoms with Gasteiger partial charge in [0.2, 0.25) is 15.9 Å². The number of nitrogens with zero attached hydrogens (tertiary/aromatic N) is 2. The van der Waals surface area contributed by atoms with Gasteiger partial charge in [0.25, 0.3) is 0 Å². The Morgan fingerprint density at radius 2 is 2.05 bits per heavy atom. The molecule has 7 nitrogen and oxygen atoms in total. The highest BCUT2D eigenvalue weighted by Gasteiger charge is 2.30. The van der Waals surface area contributed by atoms with Crippen LogP contribution in [0.25, 0.3) is 0 Å². The molecule has 1 unspecified atom stereocenters. The maximum Gasteiger partial charge on any atom is 0.244 e. The molecule has 20 heavy (non-hydrogen) atoms. The number of rotatable bonds is 3. The van der Waals surface area contributed by atoms with Crippen LogP contribution in [0.2, 0.25) is 0 Å². The van der Waals surface area contributed by atoms with Gasteiger partial charge in [-0.3, -0.25) is 9.48 Å². The van der Waals surface area contributed by atoms with Gasteiger partial charge in [-0.25, -0.2) is 8.42 Å². The molecule has 1 aromatic heterocycles. The molecule has 1 aromatic rings. The quantitative estimate of drug-likeness (QED) is 0.820. The molecular weight excluding hydrogens is 280 g/mol. The summed E-state index contributed by atoms with van der Waals surface area (Å²) in [5, 5.41) is 6.82. The molecule has 1 amide bonds. The normalized spacial score (nSPS) is 20.6. The van der Waals surface area contributed by atoms with Crippen molar-refractivity contribution in [1.82, 2.24) is 19.8 Å². The largest absolute Gasteiger partial charge is 0.355 e. The van der Waals surface area contributed by atoms with Gasteiger partial charge in [-0.05, 0) is 33.1 Å². The third kappa shape index (κ3) is 2.85. The SMILES string of the molecule is Cc1nn(C)c(C)c1S(=O)(=O)NC1CCCCNC1=O. The number of carbonyl (C=O) groups is 1. The van der Waals surface area contributed by atoms with Gasteiger partial charge in [-0.2, -0.15) is 9.82 Å². The lowest BCUT2D eigenvalue weighted by Gasteiger charge is -2.15. The summed E-state index contributed by atoms with van der Waals surface area (Å²) in [7, 11) is -2.05. The first-order valence-corrected chi connectivity index (χ1v) is 8.11. The average Bonchev–Trinajstić information content (AvgIpc) is 2.50. The monoisotopic (exact) mass is 300 g/mol. The predicted molar refractivity (Wildman–Crippen MR) is 73.7 cm³/mol. The minimum atomic E-state index is -3.74. The van der Waals surface area contributed by atoms with Gasteiger partial charge in [0.1, 0.15) is 10.9 Å². The maximum atomic E-state index is 12.5. The van der Waals surface area contributed by atoms with Gasteiger partial charge in [0.15, 0.2) is 0 Å². The molecule has 1 aliphatic rings. The highest BCUT2D eigenvalue weighted by atomic mass is 32.2. The number of aryl methyl sites for hydroxylation is 2. The smallest absolute Gasteiger partial charge is 0.244 e. The second kappa shape index (κ2) is 5.53. The summed E-state index contributed by atoms with van der Waals surface area (Å²) >= 11 is 0. The highest BCUT2D eigenvalue weighted by Crippen LogP contribution is 2.19. The van der Waals surface area contributed by atoms with Crippen molar-refractivity contribution in [3.63, 3.8) is 0 Å². The molecule has 112 valence electrons. The second-order valence-electron chi connectivity index (χ2n) is 5.08. The number of nitrogens with one attached hydrogen (secondary N) is 2. The molecule has 2 heterocycles. The summed E-state index contributed by atoms with van der Waals surface area (Å²) in [5.41, 5.74) is 0.996. The van der Waals surface area contributed by atoms with E-state index < -0.39 is 16.1 Å². The summed E-state index contributed by atoms with van der Waals surface area (Å²) in [6, 6.07) is -0.707. The number of hydrogen-bond donors (Lipinski definition) is 2. The van der Waals surface area contributed by atoms with Crippen molar-refractivity contribution in [2.75, 3.05) is 6.54 Å². The molecule has 0 spiro atoms. The standard InChI is InChI=1S/C12H20N4O3S/c1-8-11(9(2)16(3)14-8)20(18,19)15-10-6-4-5-7-13-12(10)17/h10,15H,4-7H2,1-3H3,(H,13,17). The van der Waals surface area contributed by atoms with Crippen LogP contribution in [0.5, 0.6) is 0 Å². The van der Waals surface area contributed by atoms with Gasteiger partial charge < -0.3 is 5.32 Å². The highest BCUT2D eigenvalue weighted by molar-refractivity contribution is 7.89. The van der Waals surface area contributed by atoms with Crippen molar-refractivity contribution in [3.8, 4) is 0 Å². The zero-order valence-corrected chi connectivity index (χ0v) is 12.7. The van der Waals surface area contributed by atoms with E-state index in [1.807, 2.05) is 0 Å². The third-order valence-electron chi connectivity index (χ3n) is 3.54. The average molecular weight is 300 g/mol. The first-order chi connectivity index (χ1) is 9.33. The summed E-state index contributed by atoms with van der Waals surface area (Å²) in [6.07, 6.45) is 2.20. The van der Waals surface area contributed by atoms with Gasteiger partial charge in [0.05, 0.1) is 11.4 Å². The second-order valence-corrected chi connectivity index (χ2v) is 6.74. The van der Waals surface area contributed by atoms with Crippen molar-refractivity contribution < 1.29 is 13.2 Å². The van der Waals surface area contributed by atoms with Crippen LogP contribution in [0.15, 0.2) is 4.90 Å². The Bertz CT molecular complexity index is 621. The van der Waals surface area contributed by atoms with Crippen LogP contribution < -0.4 is 10.0 Å². The number of hydrogen-bond acceptors (Lipinski definition) is 4. The fourth-order valence-corrected chi connectivity index (χ4v) is 4.11. The molecule has 1 fully saturated rings. The summed E-state index contributed by atoms with van der Waals surface area (Å²) in [6.45, 7) is 3.94. The van der Waals surface area contributed by atoms with E-state index in [0.717, 1.165) is 12.8 Å². The molecule has 2 rings (SSSR count). The van der Waals surface area contributed by atoms with Crippen molar-refractivity contribution in [2.45, 2.75) is 44.0 Å². The number of sulfonamides is 1. The van der Waals surface area contributed by atoms with E-state index in [2.05, 4.69) is 15.1 Å². The van der Waals surface area contributed by atoms with E-state index in [1.165, 1.54) is 4.68 Å². The molecule has 1 atom stereocenters. The van der Waals surface area contributed by atoms with Gasteiger partial charge >= 0.3 is 0 Å². The lowest BCUT2D eigenvalue weighted by molar-refractivity contribution is -0.122. The third-order valence-corrected chi connectivity index (χ3v) is 5.27. The molecule has 2 N–H and O–H groups in total. The maximum absolute atomic E-state index is 12.5. The van der Waals surface area contributed by atoms with Crippen LogP contribution >= 0.6 is 0 Å². The summed E-state index contributed by atoms with van der Waals surface area (Å²) in [5.74, 6) is -0.259. The van der Waals surface area contributed by atoms with E-state index in [0.29, 0.717) is 24.4 Å². The lowest BCUT2D eigenvalue weighted by Crippen LogP contribution is -2.45. The minimum absolute atomic E-state index is 0.164. The van der Waals surface area contributed by atoms with E-state index >= 15 is 0 Å². The van der Waals surface area contributed by atoms with Crippen LogP contribution in [-0.2, 0) is 21.9 Å². The predicted octanol–water partition coefficient (Wildman–Crippen LogP) is -0.0161. The molecule has 0 bridgehead atoms. The molecular formula is C12H20N4O3S. The Hall–Kier alpha value is -1.41. The first kappa shape index (κ1) is 15.0. The topological polar surface area (TPSA) is 93.1 Å². The number of carbonyl (C=O) groups excluding carboxylic acids is 1. The van der Waals surface area contributed by atoms with Gasteiger partial charge in [0, 0.05) is 13.6 Å². The van der Waals surface area contributed by atoms with Crippen LogP contribution in [0, 0.1) is 13.8 Å². The van der Waals surface area contributed by atoms with E-state index in [-0.39, 0.29) is 10.8 Å². The van der Waals surface area contributed by atoms with Gasteiger partial charge in [-0.15, -0.1) is 0 Å². The van der Waals surface area contributed by atoms with Crippen LogP contribution in [-0.4, -0.2) is 36.7 Å². The Morgan fingerprint density at radius 3 is 2.65 bits per heavy atom. The number of amides is 1. The molecule has 0 aliphatic carbocycles. The molecule has 0 saturated carbocycles. The molecule has 1 aliphatic heterocycles. The number of aromatic nitrogens is 2. The Morgan fingerprint density at radius 1 is 1.35 bits per heavy atom. The van der Waals surface area contributed by atoms with Crippen LogP contribution in [0.1, 0.15) is 30.7 Å². The van der Waals surface area contributed by atoms with Crippen molar-refractivity contribution in [2.24, 2.45) is 7.05 Å². The molecule has 0 aromatic carbocycles. The minimum Gasteiger partial charge on any atom is -0.355 e. The lowest BCUT2D eigenvalue weighted by atomic mass is 10.1. The molecule has 8 heteroatoms. The zero-order chi connectivity index (χ0) is 14.9. The van der Waals surface area contributed by atoms with Crippen molar-refractivity contribution in [1.29, 1.82) is 0 Å². The Labute approximate surface area is 118 Å². The van der Waals surface area contributed by atoms with Crippen LogP contribution in [0.3, 0.4) is 0 Å². The Kier molecular flexibility index (Phi) is 4.14.